The third-order valence-electron chi connectivity index (χ3n) is 2.04. The summed E-state index contributed by atoms with van der Waals surface area (Å²) in [6.07, 6.45) is 1.84. The van der Waals surface area contributed by atoms with E-state index in [0.29, 0.717) is 18.1 Å². The van der Waals surface area contributed by atoms with Gasteiger partial charge in [0.05, 0.1) is 0 Å². The Morgan fingerprint density at radius 3 is 3.15 bits per heavy atom. The molecule has 5 nitrogen and oxygen atoms in total. The van der Waals surface area contributed by atoms with Crippen molar-refractivity contribution in [3.8, 4) is 0 Å². The first-order chi connectivity index (χ1) is 6.31. The van der Waals surface area contributed by atoms with Gasteiger partial charge in [-0.2, -0.15) is 4.37 Å². The number of hydrogen-bond donors (Lipinski definition) is 1. The van der Waals surface area contributed by atoms with Crippen LogP contribution in [-0.2, 0) is 4.79 Å². The van der Waals surface area contributed by atoms with Crippen LogP contribution in [0.25, 0.3) is 0 Å². The summed E-state index contributed by atoms with van der Waals surface area (Å²) in [6.45, 7) is 0.617. The van der Waals surface area contributed by atoms with Crippen molar-refractivity contribution in [2.45, 2.75) is 6.42 Å². The molecule has 0 aliphatic carbocycles. The minimum absolute atomic E-state index is 0.0239. The highest BCUT2D eigenvalue weighted by atomic mass is 32.1. The van der Waals surface area contributed by atoms with Gasteiger partial charge < -0.3 is 5.11 Å². The van der Waals surface area contributed by atoms with E-state index in [-0.39, 0.29) is 18.4 Å². The SMILES string of the molecule is O=C1CC(CO)CN1c1ncns1. The van der Waals surface area contributed by atoms with Crippen LogP contribution in [0.15, 0.2) is 6.33 Å². The number of nitrogens with zero attached hydrogens (tertiary/aromatic N) is 3. The molecular weight excluding hydrogens is 190 g/mol. The number of carbonyl (C=O) groups is 1. The van der Waals surface area contributed by atoms with Gasteiger partial charge in [0, 0.05) is 37.0 Å². The molecule has 1 aromatic heterocycles. The van der Waals surface area contributed by atoms with Crippen molar-refractivity contribution in [2.75, 3.05) is 18.1 Å². The molecule has 0 bridgehead atoms. The normalized spacial score (nSPS) is 22.7. The number of carbonyl (C=O) groups excluding carboxylic acids is 1. The van der Waals surface area contributed by atoms with Gasteiger partial charge in [-0.25, -0.2) is 4.98 Å². The van der Waals surface area contributed by atoms with Gasteiger partial charge in [0.2, 0.25) is 11.0 Å². The zero-order valence-corrected chi connectivity index (χ0v) is 7.70. The van der Waals surface area contributed by atoms with Crippen LogP contribution in [0.4, 0.5) is 5.13 Å². The van der Waals surface area contributed by atoms with E-state index in [0.717, 1.165) is 0 Å². The number of aliphatic hydroxyl groups excluding tert-OH is 1. The van der Waals surface area contributed by atoms with Crippen molar-refractivity contribution in [2.24, 2.45) is 5.92 Å². The fourth-order valence-corrected chi connectivity index (χ4v) is 1.93. The molecule has 1 saturated heterocycles. The highest BCUT2D eigenvalue weighted by Gasteiger charge is 2.31. The van der Waals surface area contributed by atoms with Crippen LogP contribution in [0.5, 0.6) is 0 Å². The van der Waals surface area contributed by atoms with Crippen LogP contribution in [0.2, 0.25) is 0 Å². The monoisotopic (exact) mass is 199 g/mol. The standard InChI is InChI=1S/C7H9N3O2S/c11-3-5-1-6(12)10(2-5)7-8-4-9-13-7/h4-5,11H,1-3H2. The second-order valence-corrected chi connectivity index (χ2v) is 3.74. The Hall–Kier alpha value is -1.01. The van der Waals surface area contributed by atoms with E-state index < -0.39 is 0 Å². The van der Waals surface area contributed by atoms with Gasteiger partial charge in [0.25, 0.3) is 0 Å². The lowest BCUT2D eigenvalue weighted by Gasteiger charge is -2.10. The van der Waals surface area contributed by atoms with Gasteiger partial charge in [-0.15, -0.1) is 0 Å². The van der Waals surface area contributed by atoms with Crippen molar-refractivity contribution in [3.05, 3.63) is 6.33 Å². The summed E-state index contributed by atoms with van der Waals surface area (Å²) < 4.78 is 3.83. The minimum atomic E-state index is 0.0239. The maximum Gasteiger partial charge on any atom is 0.229 e. The van der Waals surface area contributed by atoms with Crippen LogP contribution in [-0.4, -0.2) is 33.5 Å². The third kappa shape index (κ3) is 1.54. The second-order valence-electron chi connectivity index (χ2n) is 2.98. The molecule has 1 amide bonds. The van der Waals surface area contributed by atoms with E-state index in [1.165, 1.54) is 17.9 Å². The number of aliphatic hydroxyl groups is 1. The van der Waals surface area contributed by atoms with Crippen LogP contribution in [0, 0.1) is 5.92 Å². The number of hydrogen-bond acceptors (Lipinski definition) is 5. The average Bonchev–Trinajstić information content (AvgIpc) is 2.72. The molecule has 0 saturated carbocycles. The Labute approximate surface area is 79.2 Å². The number of rotatable bonds is 2. The topological polar surface area (TPSA) is 66.3 Å². The lowest BCUT2D eigenvalue weighted by molar-refractivity contribution is -0.117. The Morgan fingerprint density at radius 2 is 2.62 bits per heavy atom. The number of anilines is 1. The highest BCUT2D eigenvalue weighted by Crippen LogP contribution is 2.24. The number of aromatic nitrogens is 2. The zero-order chi connectivity index (χ0) is 9.26. The molecule has 0 spiro atoms. The summed E-state index contributed by atoms with van der Waals surface area (Å²) in [5, 5.41) is 9.51. The fourth-order valence-electron chi connectivity index (χ4n) is 1.37. The fraction of sp³-hybridized carbons (Fsp3) is 0.571. The predicted molar refractivity (Wildman–Crippen MR) is 47.5 cm³/mol. The summed E-state index contributed by atoms with van der Waals surface area (Å²) in [4.78, 5) is 16.9. The van der Waals surface area contributed by atoms with Crippen LogP contribution >= 0.6 is 11.5 Å². The Balaban J connectivity index is 2.14. The molecule has 1 fully saturated rings. The molecule has 1 atom stereocenters. The lowest BCUT2D eigenvalue weighted by atomic mass is 10.1. The summed E-state index contributed by atoms with van der Waals surface area (Å²) in [6, 6.07) is 0. The first-order valence-corrected chi connectivity index (χ1v) is 4.76. The van der Waals surface area contributed by atoms with E-state index in [1.54, 1.807) is 4.90 Å². The van der Waals surface area contributed by atoms with Gasteiger partial charge >= 0.3 is 0 Å². The Kier molecular flexibility index (Phi) is 2.24. The quantitative estimate of drug-likeness (QED) is 0.721. The zero-order valence-electron chi connectivity index (χ0n) is 6.88. The predicted octanol–water partition coefficient (Wildman–Crippen LogP) is -0.117. The van der Waals surface area contributed by atoms with Crippen molar-refractivity contribution >= 4 is 22.6 Å². The number of amides is 1. The highest BCUT2D eigenvalue weighted by molar-refractivity contribution is 7.09. The first-order valence-electron chi connectivity index (χ1n) is 3.99. The molecule has 2 rings (SSSR count). The van der Waals surface area contributed by atoms with Crippen LogP contribution in [0.3, 0.4) is 0 Å². The summed E-state index contributed by atoms with van der Waals surface area (Å²) >= 11 is 1.20. The molecule has 1 N–H and O–H groups in total. The molecule has 1 aromatic rings. The molecule has 1 aliphatic heterocycles. The van der Waals surface area contributed by atoms with E-state index >= 15 is 0 Å². The van der Waals surface area contributed by atoms with Gasteiger partial charge in [-0.05, 0) is 0 Å². The Morgan fingerprint density at radius 1 is 1.77 bits per heavy atom. The maximum atomic E-state index is 11.4. The second kappa shape index (κ2) is 3.39. The first kappa shape index (κ1) is 8.58. The van der Waals surface area contributed by atoms with E-state index in [9.17, 15) is 4.79 Å². The van der Waals surface area contributed by atoms with Crippen LogP contribution in [0.1, 0.15) is 6.42 Å². The maximum absolute atomic E-state index is 11.4. The van der Waals surface area contributed by atoms with Crippen molar-refractivity contribution < 1.29 is 9.90 Å². The van der Waals surface area contributed by atoms with Crippen molar-refractivity contribution in [1.29, 1.82) is 0 Å². The Bertz CT molecular complexity index is 301. The average molecular weight is 199 g/mol. The van der Waals surface area contributed by atoms with Gasteiger partial charge in [-0.1, -0.05) is 0 Å². The molecule has 70 valence electrons. The molecule has 0 radical (unpaired) electrons. The summed E-state index contributed by atoms with van der Waals surface area (Å²) in [5.41, 5.74) is 0. The summed E-state index contributed by atoms with van der Waals surface area (Å²) in [5.74, 6) is 0.0761. The third-order valence-corrected chi connectivity index (χ3v) is 2.73. The van der Waals surface area contributed by atoms with E-state index in [2.05, 4.69) is 9.36 Å². The molecule has 0 aromatic carbocycles. The van der Waals surface area contributed by atoms with Gasteiger partial charge in [-0.3, -0.25) is 9.69 Å². The molecular formula is C7H9N3O2S. The molecule has 6 heteroatoms. The van der Waals surface area contributed by atoms with Gasteiger partial charge in [0.1, 0.15) is 6.33 Å². The minimum Gasteiger partial charge on any atom is -0.396 e. The van der Waals surface area contributed by atoms with Crippen molar-refractivity contribution in [3.63, 3.8) is 0 Å². The summed E-state index contributed by atoms with van der Waals surface area (Å²) in [7, 11) is 0. The molecule has 2 heterocycles. The lowest BCUT2D eigenvalue weighted by Crippen LogP contribution is -2.24. The van der Waals surface area contributed by atoms with Crippen LogP contribution < -0.4 is 4.90 Å². The van der Waals surface area contributed by atoms with Gasteiger partial charge in [0.15, 0.2) is 0 Å². The van der Waals surface area contributed by atoms with Crippen molar-refractivity contribution in [1.82, 2.24) is 9.36 Å². The molecule has 1 aliphatic rings. The largest absolute Gasteiger partial charge is 0.396 e. The molecule has 1 unspecified atom stereocenters. The van der Waals surface area contributed by atoms with E-state index in [4.69, 9.17) is 5.11 Å². The smallest absolute Gasteiger partial charge is 0.229 e. The molecule has 13 heavy (non-hydrogen) atoms. The van der Waals surface area contributed by atoms with E-state index in [1.807, 2.05) is 0 Å².